The summed E-state index contributed by atoms with van der Waals surface area (Å²) in [4.78, 5) is 18.0. The molecule has 110 valence electrons. The lowest BCUT2D eigenvalue weighted by Crippen LogP contribution is -2.53. The van der Waals surface area contributed by atoms with E-state index >= 15 is 0 Å². The molecule has 2 aromatic rings. The summed E-state index contributed by atoms with van der Waals surface area (Å²) in [7, 11) is 0. The first-order chi connectivity index (χ1) is 10.3. The number of carbonyl (C=O) groups excluding carboxylic acids is 1. The van der Waals surface area contributed by atoms with Crippen LogP contribution in [0.4, 0.5) is 0 Å². The molecule has 1 saturated heterocycles. The zero-order valence-corrected chi connectivity index (χ0v) is 11.9. The maximum absolute atomic E-state index is 12.6. The SMILES string of the molecule is O=C(C1COCCN1)N1CCc2[nH]c3ccccc3c2C1. The summed E-state index contributed by atoms with van der Waals surface area (Å²) < 4.78 is 5.40. The third-order valence-electron chi connectivity index (χ3n) is 4.41. The van der Waals surface area contributed by atoms with Gasteiger partial charge in [-0.2, -0.15) is 0 Å². The number of benzene rings is 1. The number of amides is 1. The van der Waals surface area contributed by atoms with Crippen LogP contribution in [0, 0.1) is 0 Å². The van der Waals surface area contributed by atoms with E-state index < -0.39 is 0 Å². The number of nitrogens with zero attached hydrogens (tertiary/aromatic N) is 1. The molecule has 2 aliphatic heterocycles. The van der Waals surface area contributed by atoms with Crippen LogP contribution in [0.2, 0.25) is 0 Å². The second-order valence-corrected chi connectivity index (χ2v) is 5.72. The van der Waals surface area contributed by atoms with E-state index in [1.165, 1.54) is 16.6 Å². The van der Waals surface area contributed by atoms with Gasteiger partial charge in [0.25, 0.3) is 0 Å². The number of aromatic amines is 1. The number of ether oxygens (including phenoxy) is 1. The largest absolute Gasteiger partial charge is 0.378 e. The van der Waals surface area contributed by atoms with Crippen molar-refractivity contribution in [2.75, 3.05) is 26.3 Å². The van der Waals surface area contributed by atoms with E-state index in [9.17, 15) is 4.79 Å². The standard InChI is InChI=1S/C16H19N3O2/c20-16(15-10-21-8-6-17-15)19-7-5-14-12(9-19)11-3-1-2-4-13(11)18-14/h1-4,15,17-18H,5-10H2. The number of morpholine rings is 1. The molecule has 1 amide bonds. The molecule has 1 aromatic heterocycles. The van der Waals surface area contributed by atoms with Gasteiger partial charge in [-0.25, -0.2) is 0 Å². The summed E-state index contributed by atoms with van der Waals surface area (Å²) in [6, 6.07) is 8.12. The van der Waals surface area contributed by atoms with Crippen LogP contribution in [0.25, 0.3) is 10.9 Å². The average Bonchev–Trinajstić information content (AvgIpc) is 2.93. The molecule has 21 heavy (non-hydrogen) atoms. The van der Waals surface area contributed by atoms with Gasteiger partial charge in [0.05, 0.1) is 13.2 Å². The molecule has 1 atom stereocenters. The predicted octanol–water partition coefficient (Wildman–Crippen LogP) is 1.04. The molecule has 1 unspecified atom stereocenters. The highest BCUT2D eigenvalue weighted by molar-refractivity contribution is 5.87. The molecular formula is C16H19N3O2. The smallest absolute Gasteiger partial charge is 0.242 e. The van der Waals surface area contributed by atoms with Crippen molar-refractivity contribution in [2.45, 2.75) is 19.0 Å². The normalized spacial score (nSPS) is 22.3. The summed E-state index contributed by atoms with van der Waals surface area (Å²) in [6.45, 7) is 3.39. The zero-order valence-electron chi connectivity index (χ0n) is 11.9. The topological polar surface area (TPSA) is 57.4 Å². The van der Waals surface area contributed by atoms with Crippen LogP contribution in [0.5, 0.6) is 0 Å². The van der Waals surface area contributed by atoms with Crippen molar-refractivity contribution in [2.24, 2.45) is 0 Å². The summed E-state index contributed by atoms with van der Waals surface area (Å²) >= 11 is 0. The highest BCUT2D eigenvalue weighted by Gasteiger charge is 2.29. The Morgan fingerprint density at radius 1 is 1.33 bits per heavy atom. The first-order valence-corrected chi connectivity index (χ1v) is 7.51. The fourth-order valence-electron chi connectivity index (χ4n) is 3.30. The van der Waals surface area contributed by atoms with Crippen molar-refractivity contribution in [1.29, 1.82) is 0 Å². The predicted molar refractivity (Wildman–Crippen MR) is 80.0 cm³/mol. The molecule has 5 nitrogen and oxygen atoms in total. The number of para-hydroxylation sites is 1. The Morgan fingerprint density at radius 3 is 3.10 bits per heavy atom. The molecule has 2 aliphatic rings. The van der Waals surface area contributed by atoms with Crippen molar-refractivity contribution >= 4 is 16.8 Å². The van der Waals surface area contributed by atoms with Crippen molar-refractivity contribution in [3.8, 4) is 0 Å². The Bertz CT molecular complexity index is 673. The van der Waals surface area contributed by atoms with Crippen LogP contribution >= 0.6 is 0 Å². The highest BCUT2D eigenvalue weighted by atomic mass is 16.5. The minimum atomic E-state index is -0.189. The number of hydrogen-bond acceptors (Lipinski definition) is 3. The summed E-state index contributed by atoms with van der Waals surface area (Å²) in [5.41, 5.74) is 3.70. The zero-order chi connectivity index (χ0) is 14.2. The van der Waals surface area contributed by atoms with Crippen molar-refractivity contribution < 1.29 is 9.53 Å². The molecule has 0 spiro atoms. The maximum Gasteiger partial charge on any atom is 0.242 e. The Hall–Kier alpha value is -1.85. The van der Waals surface area contributed by atoms with E-state index in [1.807, 2.05) is 17.0 Å². The number of aromatic nitrogens is 1. The number of carbonyl (C=O) groups is 1. The minimum Gasteiger partial charge on any atom is -0.378 e. The molecule has 1 fully saturated rings. The second-order valence-electron chi connectivity index (χ2n) is 5.72. The molecule has 0 bridgehead atoms. The van der Waals surface area contributed by atoms with Gasteiger partial charge in [-0.05, 0) is 6.07 Å². The quantitative estimate of drug-likeness (QED) is 0.823. The van der Waals surface area contributed by atoms with Crippen LogP contribution in [0.3, 0.4) is 0 Å². The molecule has 2 N–H and O–H groups in total. The van der Waals surface area contributed by atoms with E-state index in [4.69, 9.17) is 4.74 Å². The molecule has 0 aliphatic carbocycles. The first kappa shape index (κ1) is 12.9. The number of H-pyrrole nitrogens is 1. The first-order valence-electron chi connectivity index (χ1n) is 7.51. The lowest BCUT2D eigenvalue weighted by molar-refractivity contribution is -0.137. The Kier molecular flexibility index (Phi) is 3.16. The van der Waals surface area contributed by atoms with Crippen LogP contribution in [0.1, 0.15) is 11.3 Å². The molecule has 1 aromatic carbocycles. The van der Waals surface area contributed by atoms with Crippen LogP contribution in [0.15, 0.2) is 24.3 Å². The van der Waals surface area contributed by atoms with E-state index in [0.29, 0.717) is 19.8 Å². The van der Waals surface area contributed by atoms with E-state index in [2.05, 4.69) is 22.4 Å². The molecule has 4 rings (SSSR count). The summed E-state index contributed by atoms with van der Waals surface area (Å²) in [6.07, 6.45) is 0.892. The lowest BCUT2D eigenvalue weighted by atomic mass is 10.0. The van der Waals surface area contributed by atoms with E-state index in [0.717, 1.165) is 25.0 Å². The second kappa shape index (κ2) is 5.16. The van der Waals surface area contributed by atoms with Crippen molar-refractivity contribution in [3.05, 3.63) is 35.5 Å². The van der Waals surface area contributed by atoms with Crippen molar-refractivity contribution in [3.63, 3.8) is 0 Å². The molecule has 5 heteroatoms. The Labute approximate surface area is 123 Å². The number of hydrogen-bond donors (Lipinski definition) is 2. The third kappa shape index (κ3) is 2.22. The van der Waals surface area contributed by atoms with Crippen molar-refractivity contribution in [1.82, 2.24) is 15.2 Å². The number of nitrogens with one attached hydrogen (secondary N) is 2. The average molecular weight is 285 g/mol. The van der Waals surface area contributed by atoms with Gasteiger partial charge in [0, 0.05) is 48.2 Å². The molecule has 0 radical (unpaired) electrons. The number of rotatable bonds is 1. The Balaban J connectivity index is 1.59. The Morgan fingerprint density at radius 2 is 2.24 bits per heavy atom. The number of fused-ring (bicyclic) bond motifs is 3. The van der Waals surface area contributed by atoms with Crippen LogP contribution < -0.4 is 5.32 Å². The minimum absolute atomic E-state index is 0.158. The molecule has 3 heterocycles. The fourth-order valence-corrected chi connectivity index (χ4v) is 3.30. The van der Waals surface area contributed by atoms with E-state index in [1.54, 1.807) is 0 Å². The monoisotopic (exact) mass is 285 g/mol. The van der Waals surface area contributed by atoms with Gasteiger partial charge >= 0.3 is 0 Å². The van der Waals surface area contributed by atoms with Gasteiger partial charge < -0.3 is 19.9 Å². The van der Waals surface area contributed by atoms with Crippen LogP contribution in [-0.2, 0) is 22.5 Å². The fraction of sp³-hybridized carbons (Fsp3) is 0.438. The van der Waals surface area contributed by atoms with Gasteiger partial charge in [-0.1, -0.05) is 18.2 Å². The highest BCUT2D eigenvalue weighted by Crippen LogP contribution is 2.27. The molecule has 0 saturated carbocycles. The van der Waals surface area contributed by atoms with Crippen LogP contribution in [-0.4, -0.2) is 48.1 Å². The maximum atomic E-state index is 12.6. The van der Waals surface area contributed by atoms with Gasteiger partial charge in [-0.15, -0.1) is 0 Å². The third-order valence-corrected chi connectivity index (χ3v) is 4.41. The van der Waals surface area contributed by atoms with Gasteiger partial charge in [-0.3, -0.25) is 4.79 Å². The summed E-state index contributed by atoms with van der Waals surface area (Å²) in [5.74, 6) is 0.158. The summed E-state index contributed by atoms with van der Waals surface area (Å²) in [5, 5.41) is 4.48. The van der Waals surface area contributed by atoms with Gasteiger partial charge in [0.2, 0.25) is 5.91 Å². The van der Waals surface area contributed by atoms with Gasteiger partial charge in [0.15, 0.2) is 0 Å². The van der Waals surface area contributed by atoms with Gasteiger partial charge in [0.1, 0.15) is 6.04 Å². The molecular weight excluding hydrogens is 266 g/mol. The lowest BCUT2D eigenvalue weighted by Gasteiger charge is -2.32. The van der Waals surface area contributed by atoms with E-state index in [-0.39, 0.29) is 11.9 Å².